The van der Waals surface area contributed by atoms with Crippen molar-refractivity contribution in [2.24, 2.45) is 17.1 Å². The van der Waals surface area contributed by atoms with Crippen LogP contribution in [-0.2, 0) is 20.8 Å². The number of hydrogen-bond acceptors (Lipinski definition) is 6. The van der Waals surface area contributed by atoms with E-state index in [-0.39, 0.29) is 41.2 Å². The lowest BCUT2D eigenvalue weighted by atomic mass is 9.57. The monoisotopic (exact) mass is 617 g/mol. The average Bonchev–Trinajstić information content (AvgIpc) is 2.99. The number of amides is 3. The Kier molecular flexibility index (Phi) is 9.15. The molecule has 1 saturated heterocycles. The first-order valence-electron chi connectivity index (χ1n) is 15.5. The summed E-state index contributed by atoms with van der Waals surface area (Å²) in [5, 5.41) is 19.9. The molecule has 45 heavy (non-hydrogen) atoms. The van der Waals surface area contributed by atoms with E-state index in [2.05, 4.69) is 5.32 Å². The molecule has 5 N–H and O–H groups in total. The smallest absolute Gasteiger partial charge is 0.335 e. The van der Waals surface area contributed by atoms with Gasteiger partial charge in [-0.1, -0.05) is 12.1 Å². The number of fused-ring (bicyclic) bond motifs is 1. The van der Waals surface area contributed by atoms with Gasteiger partial charge in [-0.25, -0.2) is 4.79 Å². The molecule has 2 heterocycles. The third-order valence-electron chi connectivity index (χ3n) is 9.56. The zero-order valence-electron chi connectivity index (χ0n) is 26.2. The molecule has 5 rings (SSSR count). The van der Waals surface area contributed by atoms with Crippen molar-refractivity contribution in [1.29, 1.82) is 5.41 Å². The van der Waals surface area contributed by atoms with E-state index in [1.807, 2.05) is 49.0 Å². The molecule has 2 fully saturated rings. The number of guanidine groups is 1. The number of carbonyl (C=O) groups is 4. The van der Waals surface area contributed by atoms with Crippen molar-refractivity contribution >= 4 is 41.0 Å². The van der Waals surface area contributed by atoms with Crippen LogP contribution in [0.3, 0.4) is 0 Å². The lowest BCUT2D eigenvalue weighted by molar-refractivity contribution is -0.151. The van der Waals surface area contributed by atoms with E-state index >= 15 is 0 Å². The minimum Gasteiger partial charge on any atom is -0.478 e. The summed E-state index contributed by atoms with van der Waals surface area (Å²) >= 11 is 0. The normalized spacial score (nSPS) is 19.1. The van der Waals surface area contributed by atoms with Gasteiger partial charge in [0.1, 0.15) is 6.04 Å². The van der Waals surface area contributed by atoms with E-state index in [4.69, 9.17) is 11.1 Å². The van der Waals surface area contributed by atoms with Gasteiger partial charge in [0.2, 0.25) is 11.8 Å². The second-order valence-electron chi connectivity index (χ2n) is 12.8. The van der Waals surface area contributed by atoms with Gasteiger partial charge >= 0.3 is 5.97 Å². The molecule has 2 aromatic carbocycles. The summed E-state index contributed by atoms with van der Waals surface area (Å²) in [7, 11) is 3.69. The quantitative estimate of drug-likeness (QED) is 0.260. The molecule has 1 aliphatic carbocycles. The molecular formula is C33H43N7O5. The maximum absolute atomic E-state index is 14.1. The fraction of sp³-hybridized carbons (Fsp3) is 0.485. The van der Waals surface area contributed by atoms with Crippen LogP contribution in [0.25, 0.3) is 0 Å². The van der Waals surface area contributed by atoms with Crippen molar-refractivity contribution in [2.75, 3.05) is 57.0 Å². The molecule has 12 heteroatoms. The number of benzene rings is 2. The fourth-order valence-corrected chi connectivity index (χ4v) is 7.19. The number of likely N-dealkylation sites (N-methyl/N-ethyl adjacent to an activating group) is 2. The molecule has 1 spiro atoms. The summed E-state index contributed by atoms with van der Waals surface area (Å²) in [6.07, 6.45) is 3.76. The van der Waals surface area contributed by atoms with Gasteiger partial charge in [0, 0.05) is 43.5 Å². The summed E-state index contributed by atoms with van der Waals surface area (Å²) in [6.45, 7) is 4.38. The van der Waals surface area contributed by atoms with Gasteiger partial charge in [-0.15, -0.1) is 0 Å². The van der Waals surface area contributed by atoms with E-state index < -0.39 is 17.9 Å². The van der Waals surface area contributed by atoms with Crippen LogP contribution in [0.4, 0.5) is 11.4 Å². The van der Waals surface area contributed by atoms with Gasteiger partial charge in [-0.05, 0) is 100.0 Å². The summed E-state index contributed by atoms with van der Waals surface area (Å²) in [6, 6.07) is 10.6. The van der Waals surface area contributed by atoms with Crippen LogP contribution in [0, 0.1) is 16.7 Å². The van der Waals surface area contributed by atoms with Crippen LogP contribution in [0.2, 0.25) is 0 Å². The lowest BCUT2D eigenvalue weighted by Gasteiger charge is -2.53. The zero-order valence-corrected chi connectivity index (χ0v) is 26.2. The zero-order chi connectivity index (χ0) is 32.5. The Labute approximate surface area is 263 Å². The molecular weight excluding hydrogens is 574 g/mol. The second-order valence-corrected chi connectivity index (χ2v) is 12.8. The van der Waals surface area contributed by atoms with E-state index in [0.717, 1.165) is 36.9 Å². The first-order chi connectivity index (χ1) is 21.4. The third kappa shape index (κ3) is 6.51. The molecule has 240 valence electrons. The molecule has 0 radical (unpaired) electrons. The first kappa shape index (κ1) is 32.0. The van der Waals surface area contributed by atoms with E-state index in [1.54, 1.807) is 9.80 Å². The summed E-state index contributed by atoms with van der Waals surface area (Å²) in [5.41, 5.74) is 8.58. The summed E-state index contributed by atoms with van der Waals surface area (Å²) < 4.78 is 0. The third-order valence-corrected chi connectivity index (χ3v) is 9.56. The molecule has 2 aromatic rings. The highest BCUT2D eigenvalue weighted by molar-refractivity contribution is 6.01. The molecule has 3 amide bonds. The lowest BCUT2D eigenvalue weighted by Crippen LogP contribution is -2.55. The van der Waals surface area contributed by atoms with Crippen molar-refractivity contribution < 1.29 is 24.3 Å². The number of likely N-dealkylation sites (tertiary alicyclic amines) is 1. The van der Waals surface area contributed by atoms with Gasteiger partial charge in [-0.2, -0.15) is 0 Å². The van der Waals surface area contributed by atoms with Gasteiger partial charge in [-0.3, -0.25) is 19.8 Å². The van der Waals surface area contributed by atoms with Crippen molar-refractivity contribution in [1.82, 2.24) is 14.7 Å². The van der Waals surface area contributed by atoms with Crippen LogP contribution in [0.1, 0.15) is 60.1 Å². The Morgan fingerprint density at radius 3 is 2.29 bits per heavy atom. The van der Waals surface area contributed by atoms with Gasteiger partial charge in [0.05, 0.1) is 12.1 Å². The number of piperidine rings is 1. The molecule has 2 aliphatic heterocycles. The summed E-state index contributed by atoms with van der Waals surface area (Å²) in [5.74, 6) is -1.67. The number of rotatable bonds is 8. The van der Waals surface area contributed by atoms with Gasteiger partial charge < -0.3 is 35.8 Å². The van der Waals surface area contributed by atoms with E-state index in [0.29, 0.717) is 43.9 Å². The van der Waals surface area contributed by atoms with Crippen LogP contribution >= 0.6 is 0 Å². The first-order valence-corrected chi connectivity index (χ1v) is 15.5. The van der Waals surface area contributed by atoms with Crippen LogP contribution in [0.15, 0.2) is 42.5 Å². The number of hydrogen-bond donors (Lipinski definition) is 4. The van der Waals surface area contributed by atoms with E-state index in [1.165, 1.54) is 24.3 Å². The van der Waals surface area contributed by atoms with Crippen molar-refractivity contribution in [3.8, 4) is 0 Å². The van der Waals surface area contributed by atoms with Crippen molar-refractivity contribution in [3.63, 3.8) is 0 Å². The SMILES string of the molecule is CCN(C(=O)CN(C)C)c1cccc2c1CCN(C(=O)C1CC3(CCN(C(=N)N)CC3)C1)C2C(=O)Nc1ccc(C(=O)O)cc1. The number of aromatic carboxylic acids is 1. The minimum atomic E-state index is -1.06. The second kappa shape index (κ2) is 12.9. The average molecular weight is 618 g/mol. The molecule has 1 unspecified atom stereocenters. The Bertz CT molecular complexity index is 1470. The van der Waals surface area contributed by atoms with Crippen molar-refractivity contribution in [3.05, 3.63) is 59.2 Å². The van der Waals surface area contributed by atoms with Crippen LogP contribution < -0.4 is 16.0 Å². The molecule has 1 saturated carbocycles. The molecule has 0 aromatic heterocycles. The highest BCUT2D eigenvalue weighted by Gasteiger charge is 2.51. The highest BCUT2D eigenvalue weighted by atomic mass is 16.4. The Morgan fingerprint density at radius 2 is 1.71 bits per heavy atom. The van der Waals surface area contributed by atoms with Crippen LogP contribution in [0.5, 0.6) is 0 Å². The summed E-state index contributed by atoms with van der Waals surface area (Å²) in [4.78, 5) is 59.8. The predicted octanol–water partition coefficient (Wildman–Crippen LogP) is 2.75. The molecule has 12 nitrogen and oxygen atoms in total. The largest absolute Gasteiger partial charge is 0.478 e. The van der Waals surface area contributed by atoms with E-state index in [9.17, 15) is 24.3 Å². The molecule has 3 aliphatic rings. The number of carboxylic acids is 1. The van der Waals surface area contributed by atoms with Gasteiger partial charge in [0.25, 0.3) is 5.91 Å². The minimum absolute atomic E-state index is 0.0514. The number of nitrogens with two attached hydrogens (primary N) is 1. The number of carbonyl (C=O) groups excluding carboxylic acids is 3. The topological polar surface area (TPSA) is 163 Å². The number of carboxylic acid groups (broad SMARTS) is 1. The number of anilines is 2. The van der Waals surface area contributed by atoms with Crippen LogP contribution in [-0.4, -0.2) is 96.3 Å². The number of nitrogens with one attached hydrogen (secondary N) is 2. The maximum atomic E-state index is 14.1. The number of nitrogens with zero attached hydrogens (tertiary/aromatic N) is 4. The van der Waals surface area contributed by atoms with Crippen molar-refractivity contribution in [2.45, 2.75) is 45.1 Å². The Morgan fingerprint density at radius 1 is 1.04 bits per heavy atom. The molecule has 0 bridgehead atoms. The molecule has 1 atom stereocenters. The Balaban J connectivity index is 1.43. The fourth-order valence-electron chi connectivity index (χ4n) is 7.19. The van der Waals surface area contributed by atoms with Gasteiger partial charge in [0.15, 0.2) is 5.96 Å². The maximum Gasteiger partial charge on any atom is 0.335 e. The predicted molar refractivity (Wildman–Crippen MR) is 171 cm³/mol. The highest BCUT2D eigenvalue weighted by Crippen LogP contribution is 2.53. The Hall–Kier alpha value is -4.45. The standard InChI is InChI=1S/C33H43N7O5/c1-4-39(27(41)20-37(2)3)26-7-5-6-25-24(26)12-15-40(28(25)29(42)36-23-10-8-21(9-11-23)31(44)45)30(43)22-18-33(19-22)13-16-38(17-14-33)32(34)35/h5-11,22,28H,4,12-20H2,1-3H3,(H3,34,35)(H,36,42)(H,44,45).